The smallest absolute Gasteiger partial charge is 0.135 e. The number of hydrogen-bond acceptors (Lipinski definition) is 6. The molecule has 4 atom stereocenters. The van der Waals surface area contributed by atoms with Gasteiger partial charge in [-0.1, -0.05) is 133 Å². The minimum atomic E-state index is -0.0950. The van der Waals surface area contributed by atoms with Gasteiger partial charge in [0.25, 0.3) is 0 Å². The highest BCUT2D eigenvalue weighted by Crippen LogP contribution is 2.49. The first-order chi connectivity index (χ1) is 28.2. The van der Waals surface area contributed by atoms with Crippen LogP contribution in [0.2, 0.25) is 0 Å². The van der Waals surface area contributed by atoms with Gasteiger partial charge in [0.05, 0.1) is 24.5 Å². The number of fused-ring (bicyclic) bond motifs is 9. The average Bonchev–Trinajstić information content (AvgIpc) is 3.95. The first-order valence-electron chi connectivity index (χ1n) is 19.8. The van der Waals surface area contributed by atoms with Gasteiger partial charge >= 0.3 is 0 Å². The van der Waals surface area contributed by atoms with E-state index >= 15 is 0 Å². The summed E-state index contributed by atoms with van der Waals surface area (Å²) in [5.74, 6) is 0.377. The summed E-state index contributed by atoms with van der Waals surface area (Å²) in [6, 6.07) is 57.5. The third kappa shape index (κ3) is 5.48. The van der Waals surface area contributed by atoms with E-state index in [1.807, 2.05) is 11.3 Å². The summed E-state index contributed by atoms with van der Waals surface area (Å²) in [7, 11) is 0. The van der Waals surface area contributed by atoms with Gasteiger partial charge in [-0.25, -0.2) is 0 Å². The summed E-state index contributed by atoms with van der Waals surface area (Å²) < 4.78 is 9.15. The quantitative estimate of drug-likeness (QED) is 0.163. The van der Waals surface area contributed by atoms with Crippen molar-refractivity contribution >= 4 is 64.8 Å². The number of para-hydroxylation sites is 1. The molecule has 9 aromatic rings. The van der Waals surface area contributed by atoms with Crippen LogP contribution in [0.15, 0.2) is 186 Å². The van der Waals surface area contributed by atoms with Gasteiger partial charge in [-0.05, 0) is 81.9 Å². The molecule has 2 aliphatic heterocycles. The molecule has 57 heavy (non-hydrogen) atoms. The van der Waals surface area contributed by atoms with Crippen molar-refractivity contribution in [3.8, 4) is 11.1 Å². The molecule has 5 nitrogen and oxygen atoms in total. The van der Waals surface area contributed by atoms with Crippen LogP contribution in [0.3, 0.4) is 0 Å². The highest BCUT2D eigenvalue weighted by Gasteiger charge is 2.37. The zero-order valence-corrected chi connectivity index (χ0v) is 31.8. The maximum atomic E-state index is 6.54. The van der Waals surface area contributed by atoms with Crippen LogP contribution in [0.4, 0.5) is 11.4 Å². The minimum Gasteiger partial charge on any atom is -0.456 e. The minimum absolute atomic E-state index is 0.0294. The van der Waals surface area contributed by atoms with E-state index in [-0.39, 0.29) is 18.5 Å². The van der Waals surface area contributed by atoms with Crippen molar-refractivity contribution in [2.45, 2.75) is 30.5 Å². The van der Waals surface area contributed by atoms with Crippen LogP contribution >= 0.6 is 11.3 Å². The molecule has 7 aromatic carbocycles. The van der Waals surface area contributed by atoms with Gasteiger partial charge in [-0.3, -0.25) is 16.0 Å². The fraction of sp³-hybridized carbons (Fsp3) is 0.0980. The molecule has 4 unspecified atom stereocenters. The molecule has 4 heterocycles. The van der Waals surface area contributed by atoms with E-state index in [2.05, 4.69) is 203 Å². The molecule has 1 saturated heterocycles. The van der Waals surface area contributed by atoms with Crippen molar-refractivity contribution in [1.29, 1.82) is 0 Å². The molecular formula is C51H38N4OS. The van der Waals surface area contributed by atoms with Crippen LogP contribution in [-0.2, 0) is 0 Å². The van der Waals surface area contributed by atoms with Crippen LogP contribution < -0.4 is 20.9 Å². The predicted molar refractivity (Wildman–Crippen MR) is 236 cm³/mol. The molecule has 0 saturated carbocycles. The van der Waals surface area contributed by atoms with Crippen LogP contribution in [0.25, 0.3) is 53.2 Å². The van der Waals surface area contributed by atoms with Crippen molar-refractivity contribution in [3.05, 3.63) is 204 Å². The number of nitrogens with one attached hydrogen (secondary N) is 3. The zero-order valence-electron chi connectivity index (χ0n) is 31.0. The lowest BCUT2D eigenvalue weighted by molar-refractivity contribution is 0.203. The number of allylic oxidation sites excluding steroid dienone is 2. The lowest BCUT2D eigenvalue weighted by Gasteiger charge is -2.39. The van der Waals surface area contributed by atoms with E-state index in [1.54, 1.807) is 0 Å². The number of benzene rings is 7. The van der Waals surface area contributed by atoms with Crippen molar-refractivity contribution < 1.29 is 4.42 Å². The van der Waals surface area contributed by atoms with Gasteiger partial charge in [0.1, 0.15) is 11.2 Å². The number of anilines is 2. The topological polar surface area (TPSA) is 52.5 Å². The Bertz CT molecular complexity index is 3010. The largest absolute Gasteiger partial charge is 0.456 e. The maximum Gasteiger partial charge on any atom is 0.135 e. The summed E-state index contributed by atoms with van der Waals surface area (Å²) in [6.45, 7) is 0. The normalized spacial score (nSPS) is 21.5. The Morgan fingerprint density at radius 2 is 1.14 bits per heavy atom. The number of thiophene rings is 1. The molecule has 0 spiro atoms. The van der Waals surface area contributed by atoms with E-state index in [4.69, 9.17) is 4.42 Å². The third-order valence-corrected chi connectivity index (χ3v) is 13.3. The summed E-state index contributed by atoms with van der Waals surface area (Å²) >= 11 is 1.88. The lowest BCUT2D eigenvalue weighted by atomic mass is 9.91. The van der Waals surface area contributed by atoms with Crippen molar-refractivity contribution in [3.63, 3.8) is 0 Å². The Morgan fingerprint density at radius 3 is 1.93 bits per heavy atom. The third-order valence-electron chi connectivity index (χ3n) is 12.1. The number of hydrogen-bond donors (Lipinski definition) is 3. The zero-order chi connectivity index (χ0) is 37.5. The van der Waals surface area contributed by atoms with Crippen molar-refractivity contribution in [2.24, 2.45) is 0 Å². The van der Waals surface area contributed by atoms with Crippen molar-refractivity contribution in [2.75, 3.05) is 4.90 Å². The van der Waals surface area contributed by atoms with Gasteiger partial charge in [0.2, 0.25) is 0 Å². The second kappa shape index (κ2) is 13.2. The van der Waals surface area contributed by atoms with Crippen LogP contribution in [0.1, 0.15) is 46.7 Å². The second-order valence-electron chi connectivity index (χ2n) is 15.4. The Balaban J connectivity index is 0.869. The standard InChI is InChI=1S/C51H38N4OS/c1-3-11-31(12-4-1)49-52-50(32-13-5-2-6-14-32)54-51(53-49)35-19-23-39-41-27-33(20-25-45(41)56-46(39)29-35)34-21-26-47-42(28-34)40-24-22-36(30-48(40)57-47)55-43-17-9-7-15-37(43)38-16-8-10-18-44(38)55/h1-30,37,43,49-54H. The Hall–Kier alpha value is -6.28. The molecule has 274 valence electrons. The molecule has 0 radical (unpaired) electrons. The fourth-order valence-electron chi connectivity index (χ4n) is 9.35. The summed E-state index contributed by atoms with van der Waals surface area (Å²) in [5.41, 5.74) is 11.6. The first kappa shape index (κ1) is 32.9. The summed E-state index contributed by atoms with van der Waals surface area (Å²) in [6.07, 6.45) is 8.91. The van der Waals surface area contributed by atoms with E-state index < -0.39 is 0 Å². The second-order valence-corrected chi connectivity index (χ2v) is 16.5. The highest BCUT2D eigenvalue weighted by atomic mass is 32.1. The average molecular weight is 755 g/mol. The molecule has 3 aliphatic rings. The molecule has 0 amide bonds. The number of nitrogens with zero attached hydrogens (tertiary/aromatic N) is 1. The van der Waals surface area contributed by atoms with Gasteiger partial charge in [-0.15, -0.1) is 11.3 Å². The van der Waals surface area contributed by atoms with Gasteiger partial charge in [-0.2, -0.15) is 0 Å². The van der Waals surface area contributed by atoms with E-state index in [0.29, 0.717) is 12.0 Å². The highest BCUT2D eigenvalue weighted by molar-refractivity contribution is 7.25. The van der Waals surface area contributed by atoms with Gasteiger partial charge in [0.15, 0.2) is 0 Å². The molecule has 1 aliphatic carbocycles. The molecule has 2 aromatic heterocycles. The van der Waals surface area contributed by atoms with Crippen molar-refractivity contribution in [1.82, 2.24) is 16.0 Å². The van der Waals surface area contributed by atoms with Crippen LogP contribution in [0.5, 0.6) is 0 Å². The summed E-state index contributed by atoms with van der Waals surface area (Å²) in [5, 5.41) is 16.2. The van der Waals surface area contributed by atoms with Gasteiger partial charge in [0, 0.05) is 48.2 Å². The monoisotopic (exact) mass is 754 g/mol. The Morgan fingerprint density at radius 1 is 0.474 bits per heavy atom. The van der Waals surface area contributed by atoms with Crippen LogP contribution in [0, 0.1) is 0 Å². The molecule has 0 bridgehead atoms. The number of furan rings is 1. The molecule has 6 heteroatoms. The molecule has 1 fully saturated rings. The Labute approximate surface area is 334 Å². The molecular weight excluding hydrogens is 717 g/mol. The predicted octanol–water partition coefficient (Wildman–Crippen LogP) is 12.5. The van der Waals surface area contributed by atoms with Gasteiger partial charge < -0.3 is 9.32 Å². The SMILES string of the molecule is C1=CC2c3ccccc3N(c3ccc4c(c3)sc3ccc(-c5ccc6oc7cc(C8NC(c9ccccc9)NC(c9ccccc9)N8)ccc7c6c5)cc34)C2C=C1. The lowest BCUT2D eigenvalue weighted by Crippen LogP contribution is -2.54. The molecule has 3 N–H and O–H groups in total. The first-order valence-corrected chi connectivity index (χ1v) is 20.6. The van der Waals surface area contributed by atoms with E-state index in [1.165, 1.54) is 59.4 Å². The van der Waals surface area contributed by atoms with Crippen LogP contribution in [-0.4, -0.2) is 6.04 Å². The fourth-order valence-corrected chi connectivity index (χ4v) is 10.5. The van der Waals surface area contributed by atoms with E-state index in [0.717, 1.165) is 27.5 Å². The molecule has 12 rings (SSSR count). The Kier molecular flexibility index (Phi) is 7.60. The number of rotatable bonds is 5. The maximum absolute atomic E-state index is 6.54. The summed E-state index contributed by atoms with van der Waals surface area (Å²) in [4.78, 5) is 2.52. The van der Waals surface area contributed by atoms with E-state index in [9.17, 15) is 0 Å².